The van der Waals surface area contributed by atoms with Gasteiger partial charge in [0.2, 0.25) is 5.91 Å². The smallest absolute Gasteiger partial charge is 0.225 e. The third kappa shape index (κ3) is 4.52. The summed E-state index contributed by atoms with van der Waals surface area (Å²) in [6.45, 7) is 6.09. The van der Waals surface area contributed by atoms with Gasteiger partial charge in [-0.2, -0.15) is 5.10 Å². The Balaban J connectivity index is 1.89. The summed E-state index contributed by atoms with van der Waals surface area (Å²) in [5, 5.41) is 7.06. The number of rotatable bonds is 7. The number of hydrogen-bond donors (Lipinski definition) is 1. The molecule has 0 saturated carbocycles. The van der Waals surface area contributed by atoms with E-state index in [9.17, 15) is 9.59 Å². The van der Waals surface area contributed by atoms with Gasteiger partial charge in [-0.15, -0.1) is 0 Å². The number of aryl methyl sites for hydroxylation is 1. The SMILES string of the molecule is CCC(C)n1nccc1NC(=O)CCC(=O)c1ccc(C)cc1. The lowest BCUT2D eigenvalue weighted by atomic mass is 10.1. The van der Waals surface area contributed by atoms with Crippen LogP contribution in [0.4, 0.5) is 5.82 Å². The Hall–Kier alpha value is -2.43. The van der Waals surface area contributed by atoms with E-state index in [2.05, 4.69) is 17.3 Å². The fraction of sp³-hybridized carbons (Fsp3) is 0.389. The van der Waals surface area contributed by atoms with Crippen molar-refractivity contribution in [2.75, 3.05) is 5.32 Å². The van der Waals surface area contributed by atoms with E-state index in [1.54, 1.807) is 29.1 Å². The highest BCUT2D eigenvalue weighted by molar-refractivity contribution is 5.99. The molecule has 0 fully saturated rings. The summed E-state index contributed by atoms with van der Waals surface area (Å²) in [7, 11) is 0. The highest BCUT2D eigenvalue weighted by Crippen LogP contribution is 2.17. The van der Waals surface area contributed by atoms with Gasteiger partial charge in [0.05, 0.1) is 12.2 Å². The molecule has 2 aromatic rings. The highest BCUT2D eigenvalue weighted by atomic mass is 16.2. The minimum atomic E-state index is -0.171. The number of aromatic nitrogens is 2. The number of ketones is 1. The molecule has 0 aliphatic carbocycles. The lowest BCUT2D eigenvalue weighted by molar-refractivity contribution is -0.116. The number of hydrogen-bond acceptors (Lipinski definition) is 3. The lowest BCUT2D eigenvalue weighted by Crippen LogP contribution is -2.18. The van der Waals surface area contributed by atoms with Crippen LogP contribution in [-0.4, -0.2) is 21.5 Å². The number of amides is 1. The van der Waals surface area contributed by atoms with Crippen LogP contribution in [0, 0.1) is 6.92 Å². The Bertz CT molecular complexity index is 674. The van der Waals surface area contributed by atoms with Crippen LogP contribution in [0.5, 0.6) is 0 Å². The summed E-state index contributed by atoms with van der Waals surface area (Å²) in [4.78, 5) is 24.1. The standard InChI is InChI=1S/C18H23N3O2/c1-4-14(3)21-17(11-12-19-21)20-18(23)10-9-16(22)15-7-5-13(2)6-8-15/h5-8,11-12,14H,4,9-10H2,1-3H3,(H,20,23). The first-order valence-corrected chi connectivity index (χ1v) is 7.94. The van der Waals surface area contributed by atoms with Crippen LogP contribution in [0.3, 0.4) is 0 Å². The van der Waals surface area contributed by atoms with Crippen molar-refractivity contribution < 1.29 is 9.59 Å². The Morgan fingerprint density at radius 3 is 2.52 bits per heavy atom. The van der Waals surface area contributed by atoms with E-state index in [-0.39, 0.29) is 30.6 Å². The Morgan fingerprint density at radius 1 is 1.17 bits per heavy atom. The molecule has 0 bridgehead atoms. The number of Topliss-reactive ketones (excluding diaryl/α,β-unsaturated/α-hetero) is 1. The minimum Gasteiger partial charge on any atom is -0.311 e. The molecule has 122 valence electrons. The van der Waals surface area contributed by atoms with Crippen LogP contribution < -0.4 is 5.32 Å². The molecule has 0 spiro atoms. The second-order valence-corrected chi connectivity index (χ2v) is 5.76. The first kappa shape index (κ1) is 16.9. The molecule has 2 rings (SSSR count). The topological polar surface area (TPSA) is 64.0 Å². The van der Waals surface area contributed by atoms with Gasteiger partial charge >= 0.3 is 0 Å². The van der Waals surface area contributed by atoms with Crippen molar-refractivity contribution in [3.8, 4) is 0 Å². The summed E-state index contributed by atoms with van der Waals surface area (Å²) < 4.78 is 1.79. The summed E-state index contributed by atoms with van der Waals surface area (Å²) >= 11 is 0. The molecular weight excluding hydrogens is 290 g/mol. The largest absolute Gasteiger partial charge is 0.311 e. The van der Waals surface area contributed by atoms with Crippen molar-refractivity contribution in [2.45, 2.75) is 46.1 Å². The molecular formula is C18H23N3O2. The van der Waals surface area contributed by atoms with Crippen molar-refractivity contribution in [3.05, 3.63) is 47.7 Å². The molecule has 1 N–H and O–H groups in total. The minimum absolute atomic E-state index is 0.0180. The normalized spacial score (nSPS) is 12.0. The molecule has 0 aliphatic rings. The summed E-state index contributed by atoms with van der Waals surface area (Å²) in [5.74, 6) is 0.484. The van der Waals surface area contributed by atoms with E-state index in [4.69, 9.17) is 0 Å². The first-order valence-electron chi connectivity index (χ1n) is 7.94. The lowest BCUT2D eigenvalue weighted by Gasteiger charge is -2.14. The van der Waals surface area contributed by atoms with Crippen LogP contribution in [-0.2, 0) is 4.79 Å². The molecule has 5 heteroatoms. The van der Waals surface area contributed by atoms with Crippen molar-refractivity contribution in [3.63, 3.8) is 0 Å². The number of carbonyl (C=O) groups is 2. The van der Waals surface area contributed by atoms with Gasteiger partial charge in [-0.25, -0.2) is 4.68 Å². The summed E-state index contributed by atoms with van der Waals surface area (Å²) in [5.41, 5.74) is 1.76. The molecule has 0 saturated heterocycles. The van der Waals surface area contributed by atoms with Gasteiger partial charge in [0.25, 0.3) is 0 Å². The van der Waals surface area contributed by atoms with Crippen LogP contribution in [0.25, 0.3) is 0 Å². The number of carbonyl (C=O) groups excluding carboxylic acids is 2. The van der Waals surface area contributed by atoms with Gasteiger partial charge in [0.15, 0.2) is 5.78 Å². The zero-order valence-corrected chi connectivity index (χ0v) is 13.9. The first-order chi connectivity index (χ1) is 11.0. The average molecular weight is 313 g/mol. The van der Waals surface area contributed by atoms with E-state index < -0.39 is 0 Å². The third-order valence-electron chi connectivity index (χ3n) is 3.90. The molecule has 0 radical (unpaired) electrons. The van der Waals surface area contributed by atoms with Crippen LogP contribution in [0.1, 0.15) is 55.1 Å². The number of anilines is 1. The average Bonchev–Trinajstić information content (AvgIpc) is 3.00. The van der Waals surface area contributed by atoms with E-state index in [0.717, 1.165) is 12.0 Å². The monoisotopic (exact) mass is 313 g/mol. The molecule has 1 unspecified atom stereocenters. The maximum absolute atomic E-state index is 12.1. The summed E-state index contributed by atoms with van der Waals surface area (Å²) in [6.07, 6.45) is 2.96. The van der Waals surface area contributed by atoms with Gasteiger partial charge in [-0.3, -0.25) is 9.59 Å². The molecule has 1 atom stereocenters. The zero-order chi connectivity index (χ0) is 16.8. The van der Waals surface area contributed by atoms with Crippen molar-refractivity contribution >= 4 is 17.5 Å². The molecule has 1 amide bonds. The highest BCUT2D eigenvalue weighted by Gasteiger charge is 2.13. The van der Waals surface area contributed by atoms with Gasteiger partial charge in [0.1, 0.15) is 5.82 Å². The second kappa shape index (κ2) is 7.72. The van der Waals surface area contributed by atoms with Crippen molar-refractivity contribution in [2.24, 2.45) is 0 Å². The Kier molecular flexibility index (Phi) is 5.68. The number of benzene rings is 1. The molecule has 23 heavy (non-hydrogen) atoms. The predicted molar refractivity (Wildman–Crippen MR) is 90.6 cm³/mol. The number of nitrogens with one attached hydrogen (secondary N) is 1. The van der Waals surface area contributed by atoms with Gasteiger partial charge in [-0.05, 0) is 20.3 Å². The van der Waals surface area contributed by atoms with Crippen molar-refractivity contribution in [1.82, 2.24) is 9.78 Å². The number of nitrogens with zero attached hydrogens (tertiary/aromatic N) is 2. The maximum Gasteiger partial charge on any atom is 0.225 e. The molecule has 0 aliphatic heterocycles. The van der Waals surface area contributed by atoms with E-state index in [0.29, 0.717) is 11.4 Å². The third-order valence-corrected chi connectivity index (χ3v) is 3.90. The second-order valence-electron chi connectivity index (χ2n) is 5.76. The Morgan fingerprint density at radius 2 is 1.87 bits per heavy atom. The van der Waals surface area contributed by atoms with Crippen LogP contribution in [0.15, 0.2) is 36.5 Å². The van der Waals surface area contributed by atoms with Crippen molar-refractivity contribution in [1.29, 1.82) is 0 Å². The fourth-order valence-corrected chi connectivity index (χ4v) is 2.25. The van der Waals surface area contributed by atoms with E-state index >= 15 is 0 Å². The molecule has 1 aromatic carbocycles. The van der Waals surface area contributed by atoms with Gasteiger partial charge < -0.3 is 5.32 Å². The van der Waals surface area contributed by atoms with Crippen LogP contribution in [0.2, 0.25) is 0 Å². The maximum atomic E-state index is 12.1. The Labute approximate surface area is 136 Å². The molecule has 1 heterocycles. The predicted octanol–water partition coefficient (Wildman–Crippen LogP) is 3.76. The van der Waals surface area contributed by atoms with Crippen LogP contribution >= 0.6 is 0 Å². The molecule has 5 nitrogen and oxygen atoms in total. The fourth-order valence-electron chi connectivity index (χ4n) is 2.25. The van der Waals surface area contributed by atoms with E-state index in [1.807, 2.05) is 26.0 Å². The van der Waals surface area contributed by atoms with Gasteiger partial charge in [0, 0.05) is 24.5 Å². The van der Waals surface area contributed by atoms with E-state index in [1.165, 1.54) is 0 Å². The summed E-state index contributed by atoms with van der Waals surface area (Å²) in [6, 6.07) is 9.39. The molecule has 1 aromatic heterocycles. The van der Waals surface area contributed by atoms with Gasteiger partial charge in [-0.1, -0.05) is 36.8 Å². The quantitative estimate of drug-likeness (QED) is 0.791. The zero-order valence-electron chi connectivity index (χ0n) is 13.9.